The van der Waals surface area contributed by atoms with Crippen LogP contribution in [-0.2, 0) is 23.7 Å². The van der Waals surface area contributed by atoms with E-state index in [1.54, 1.807) is 0 Å². The molecule has 0 aromatic carbocycles. The van der Waals surface area contributed by atoms with Gasteiger partial charge in [0.2, 0.25) is 5.88 Å². The van der Waals surface area contributed by atoms with Crippen molar-refractivity contribution in [1.82, 2.24) is 18.9 Å². The molecule has 2 amide bonds. The molecule has 2 heterocycles. The normalized spacial score (nSPS) is 15.5. The Labute approximate surface area is 141 Å². The second-order valence-electron chi connectivity index (χ2n) is 5.01. The number of carbonyl (C=O) groups is 2. The second kappa shape index (κ2) is 5.70. The molecule has 10 heteroatoms. The highest BCUT2D eigenvalue weighted by molar-refractivity contribution is 7.80. The molecular weight excluding hydrogens is 340 g/mol. The molecule has 0 spiro atoms. The lowest BCUT2D eigenvalue weighted by Crippen LogP contribution is -2.52. The van der Waals surface area contributed by atoms with E-state index in [9.17, 15) is 19.5 Å². The van der Waals surface area contributed by atoms with Crippen LogP contribution in [0.2, 0.25) is 0 Å². The van der Waals surface area contributed by atoms with E-state index in [0.717, 1.165) is 20.4 Å². The minimum absolute atomic E-state index is 0.0562. The Kier molecular flexibility index (Phi) is 4.22. The lowest BCUT2D eigenvalue weighted by Gasteiger charge is -2.31. The van der Waals surface area contributed by atoms with E-state index in [1.807, 2.05) is 0 Å². The largest absolute Gasteiger partial charge is 0.494 e. The van der Waals surface area contributed by atoms with Gasteiger partial charge in [0, 0.05) is 28.2 Å². The van der Waals surface area contributed by atoms with Crippen LogP contribution >= 0.6 is 24.4 Å². The Morgan fingerprint density at radius 3 is 1.87 bits per heavy atom. The van der Waals surface area contributed by atoms with E-state index in [1.165, 1.54) is 32.8 Å². The summed E-state index contributed by atoms with van der Waals surface area (Å²) in [7, 11) is 5.75. The van der Waals surface area contributed by atoms with Gasteiger partial charge in [-0.1, -0.05) is 0 Å². The zero-order valence-electron chi connectivity index (χ0n) is 12.9. The molecular formula is C13H14N4O4S2. The van der Waals surface area contributed by atoms with Crippen LogP contribution in [0.4, 0.5) is 0 Å². The summed E-state index contributed by atoms with van der Waals surface area (Å²) in [6, 6.07) is 0. The van der Waals surface area contributed by atoms with Crippen molar-refractivity contribution in [2.24, 2.45) is 14.1 Å². The Hall–Kier alpha value is -2.33. The number of likely N-dealkylation sites (N-methyl/N-ethyl adjacent to an activating group) is 2. The van der Waals surface area contributed by atoms with Crippen molar-refractivity contribution in [3.05, 3.63) is 26.3 Å². The molecule has 0 radical (unpaired) electrons. The van der Waals surface area contributed by atoms with Crippen LogP contribution in [0.15, 0.2) is 10.4 Å². The van der Waals surface area contributed by atoms with E-state index in [-0.39, 0.29) is 21.0 Å². The van der Waals surface area contributed by atoms with Crippen molar-refractivity contribution in [1.29, 1.82) is 0 Å². The second-order valence-corrected chi connectivity index (χ2v) is 5.74. The van der Waals surface area contributed by atoms with Crippen molar-refractivity contribution in [3.8, 4) is 5.88 Å². The Morgan fingerprint density at radius 2 is 1.39 bits per heavy atom. The molecule has 0 bridgehead atoms. The number of amides is 2. The fourth-order valence-electron chi connectivity index (χ4n) is 2.11. The third kappa shape index (κ3) is 2.49. The first kappa shape index (κ1) is 17.0. The van der Waals surface area contributed by atoms with Crippen molar-refractivity contribution in [2.45, 2.75) is 0 Å². The minimum Gasteiger partial charge on any atom is -0.494 e. The molecule has 0 atom stereocenters. The van der Waals surface area contributed by atoms with Gasteiger partial charge in [-0.25, -0.2) is 0 Å². The highest BCUT2D eigenvalue weighted by Crippen LogP contribution is 2.21. The fraction of sp³-hybridized carbons (Fsp3) is 0.308. The topological polar surface area (TPSA) is 87.8 Å². The number of thiocarbonyl (C=S) groups is 1. The first-order chi connectivity index (χ1) is 10.6. The Bertz CT molecular complexity index is 870. The Morgan fingerprint density at radius 1 is 0.913 bits per heavy atom. The summed E-state index contributed by atoms with van der Waals surface area (Å²) in [6.07, 6.45) is 1.06. The SMILES string of the molecule is CN1C(=O)C(=Cc2c(O)n(C)c(=S)n(C)c2=O)C(=O)N(C)C1=S. The summed E-state index contributed by atoms with van der Waals surface area (Å²) in [6.45, 7) is 0. The van der Waals surface area contributed by atoms with Gasteiger partial charge in [0.05, 0.1) is 0 Å². The van der Waals surface area contributed by atoms with E-state index in [4.69, 9.17) is 24.4 Å². The summed E-state index contributed by atoms with van der Waals surface area (Å²) < 4.78 is 2.45. The van der Waals surface area contributed by atoms with Crippen LogP contribution in [0.3, 0.4) is 0 Å². The zero-order chi connectivity index (χ0) is 17.6. The number of rotatable bonds is 1. The summed E-state index contributed by atoms with van der Waals surface area (Å²) in [4.78, 5) is 39.0. The first-order valence-corrected chi connectivity index (χ1v) is 7.22. The molecule has 1 aliphatic rings. The van der Waals surface area contributed by atoms with Gasteiger partial charge >= 0.3 is 0 Å². The van der Waals surface area contributed by atoms with Crippen LogP contribution < -0.4 is 5.56 Å². The number of hydrogen-bond acceptors (Lipinski definition) is 6. The van der Waals surface area contributed by atoms with Gasteiger partial charge in [0.25, 0.3) is 17.4 Å². The molecule has 1 fully saturated rings. The minimum atomic E-state index is -0.648. The van der Waals surface area contributed by atoms with E-state index >= 15 is 0 Å². The van der Waals surface area contributed by atoms with Gasteiger partial charge in [0.15, 0.2) is 9.88 Å². The van der Waals surface area contributed by atoms with Gasteiger partial charge in [0.1, 0.15) is 11.1 Å². The van der Waals surface area contributed by atoms with Crippen LogP contribution in [0.25, 0.3) is 6.08 Å². The molecule has 122 valence electrons. The van der Waals surface area contributed by atoms with Gasteiger partial charge in [-0.3, -0.25) is 33.3 Å². The summed E-state index contributed by atoms with van der Waals surface area (Å²) in [5, 5.41) is 10.2. The molecule has 1 N–H and O–H groups in total. The molecule has 23 heavy (non-hydrogen) atoms. The van der Waals surface area contributed by atoms with Crippen molar-refractivity contribution < 1.29 is 14.7 Å². The number of aromatic nitrogens is 2. The molecule has 1 aromatic rings. The van der Waals surface area contributed by atoms with E-state index in [2.05, 4.69) is 0 Å². The van der Waals surface area contributed by atoms with Crippen molar-refractivity contribution in [3.63, 3.8) is 0 Å². The third-order valence-corrected chi connectivity index (χ3v) is 4.70. The van der Waals surface area contributed by atoms with Gasteiger partial charge < -0.3 is 5.11 Å². The Balaban J connectivity index is 2.75. The average molecular weight is 354 g/mol. The van der Waals surface area contributed by atoms with E-state index < -0.39 is 23.3 Å². The van der Waals surface area contributed by atoms with Crippen LogP contribution in [0, 0.1) is 4.77 Å². The number of hydrogen-bond donors (Lipinski definition) is 1. The molecule has 0 saturated carbocycles. The number of carbonyl (C=O) groups excluding carboxylic acids is 2. The van der Waals surface area contributed by atoms with Crippen molar-refractivity contribution in [2.75, 3.05) is 14.1 Å². The zero-order valence-corrected chi connectivity index (χ0v) is 14.5. The third-order valence-electron chi connectivity index (χ3n) is 3.60. The lowest BCUT2D eigenvalue weighted by atomic mass is 10.1. The number of nitrogens with zero attached hydrogens (tertiary/aromatic N) is 4. The summed E-state index contributed by atoms with van der Waals surface area (Å²) >= 11 is 9.99. The van der Waals surface area contributed by atoms with Crippen LogP contribution in [-0.4, -0.2) is 55.1 Å². The average Bonchev–Trinajstić information content (AvgIpc) is 2.54. The molecule has 2 rings (SSSR count). The monoisotopic (exact) mass is 354 g/mol. The molecule has 0 unspecified atom stereocenters. The molecule has 0 aliphatic carbocycles. The standard InChI is InChI=1S/C13H14N4O4S2/c1-14-8(18)6(9(19)15(2)12(14)22)5-7-10(20)16(3)13(23)17(4)11(7)21/h5,18H,1-4H3. The highest BCUT2D eigenvalue weighted by Gasteiger charge is 2.35. The highest BCUT2D eigenvalue weighted by atomic mass is 32.1. The lowest BCUT2D eigenvalue weighted by molar-refractivity contribution is -0.132. The number of aromatic hydroxyl groups is 1. The first-order valence-electron chi connectivity index (χ1n) is 6.40. The van der Waals surface area contributed by atoms with Crippen molar-refractivity contribution >= 4 is 47.4 Å². The van der Waals surface area contributed by atoms with Gasteiger partial charge in [-0.15, -0.1) is 0 Å². The quantitative estimate of drug-likeness (QED) is 0.425. The maximum absolute atomic E-state index is 12.3. The summed E-state index contributed by atoms with van der Waals surface area (Å²) in [5.41, 5.74) is -1.08. The summed E-state index contributed by atoms with van der Waals surface area (Å²) in [5.74, 6) is -1.72. The smallest absolute Gasteiger partial charge is 0.265 e. The van der Waals surface area contributed by atoms with Crippen LogP contribution in [0.1, 0.15) is 5.56 Å². The maximum Gasteiger partial charge on any atom is 0.265 e. The molecule has 8 nitrogen and oxygen atoms in total. The predicted molar refractivity (Wildman–Crippen MR) is 89.3 cm³/mol. The molecule has 1 aromatic heterocycles. The predicted octanol–water partition coefficient (Wildman–Crippen LogP) is -0.242. The van der Waals surface area contributed by atoms with Crippen LogP contribution in [0.5, 0.6) is 5.88 Å². The molecule has 1 aliphatic heterocycles. The maximum atomic E-state index is 12.3. The van der Waals surface area contributed by atoms with E-state index in [0.29, 0.717) is 0 Å². The van der Waals surface area contributed by atoms with Gasteiger partial charge in [-0.2, -0.15) is 0 Å². The fourth-order valence-corrected chi connectivity index (χ4v) is 2.44. The molecule has 1 saturated heterocycles. The van der Waals surface area contributed by atoms with Gasteiger partial charge in [-0.05, 0) is 30.5 Å².